The minimum atomic E-state index is 0.165. The summed E-state index contributed by atoms with van der Waals surface area (Å²) >= 11 is 0. The van der Waals surface area contributed by atoms with Crippen LogP contribution < -0.4 is 10.1 Å². The van der Waals surface area contributed by atoms with E-state index in [4.69, 9.17) is 4.74 Å². The fourth-order valence-corrected chi connectivity index (χ4v) is 3.17. The number of ether oxygens (including phenoxy) is 1. The Labute approximate surface area is 133 Å². The van der Waals surface area contributed by atoms with Gasteiger partial charge in [0.05, 0.1) is 13.5 Å². The summed E-state index contributed by atoms with van der Waals surface area (Å²) in [6.45, 7) is 7.69. The molecule has 122 valence electrons. The van der Waals surface area contributed by atoms with Crippen molar-refractivity contribution in [2.24, 2.45) is 0 Å². The van der Waals surface area contributed by atoms with E-state index in [2.05, 4.69) is 23.5 Å². The highest BCUT2D eigenvalue weighted by Gasteiger charge is 2.18. The first kappa shape index (κ1) is 16.8. The second-order valence-electron chi connectivity index (χ2n) is 5.84. The van der Waals surface area contributed by atoms with Crippen LogP contribution >= 0.6 is 0 Å². The first-order valence-electron chi connectivity index (χ1n) is 8.34. The standard InChI is InChI=1S/C18H28N2O2/c1-4-20(5-2)18(21)13-16-7-6-15(12-17(16)22-3)14-8-10-19-11-9-14/h6-7,12,14,19H,4-5,8-11,13H2,1-3H3. The molecular formula is C18H28N2O2. The minimum absolute atomic E-state index is 0.165. The van der Waals surface area contributed by atoms with Gasteiger partial charge in [-0.25, -0.2) is 0 Å². The van der Waals surface area contributed by atoms with Crippen LogP contribution in [0.4, 0.5) is 0 Å². The van der Waals surface area contributed by atoms with E-state index in [9.17, 15) is 4.79 Å². The molecule has 1 aromatic carbocycles. The Balaban J connectivity index is 2.13. The molecule has 1 N–H and O–H groups in total. The van der Waals surface area contributed by atoms with Crippen LogP contribution in [-0.2, 0) is 11.2 Å². The zero-order valence-electron chi connectivity index (χ0n) is 14.0. The third-order valence-corrected chi connectivity index (χ3v) is 4.58. The molecule has 0 bridgehead atoms. The van der Waals surface area contributed by atoms with E-state index in [-0.39, 0.29) is 5.91 Å². The number of likely N-dealkylation sites (N-methyl/N-ethyl adjacent to an activating group) is 1. The first-order valence-corrected chi connectivity index (χ1v) is 8.34. The van der Waals surface area contributed by atoms with Crippen molar-refractivity contribution >= 4 is 5.91 Å². The molecule has 1 amide bonds. The normalized spacial score (nSPS) is 15.6. The summed E-state index contributed by atoms with van der Waals surface area (Å²) in [5.41, 5.74) is 2.31. The number of carbonyl (C=O) groups excluding carboxylic acids is 1. The molecule has 4 nitrogen and oxygen atoms in total. The lowest BCUT2D eigenvalue weighted by atomic mass is 9.89. The van der Waals surface area contributed by atoms with E-state index in [0.717, 1.165) is 37.5 Å². The lowest BCUT2D eigenvalue weighted by molar-refractivity contribution is -0.130. The molecule has 0 spiro atoms. The Hall–Kier alpha value is -1.55. The molecule has 0 atom stereocenters. The van der Waals surface area contributed by atoms with Gasteiger partial charge in [-0.05, 0) is 57.3 Å². The summed E-state index contributed by atoms with van der Waals surface area (Å²) in [5, 5.41) is 3.39. The van der Waals surface area contributed by atoms with Gasteiger partial charge in [-0.3, -0.25) is 4.79 Å². The number of benzene rings is 1. The van der Waals surface area contributed by atoms with E-state index in [1.807, 2.05) is 18.7 Å². The van der Waals surface area contributed by atoms with Crippen LogP contribution in [0.25, 0.3) is 0 Å². The van der Waals surface area contributed by atoms with E-state index in [0.29, 0.717) is 12.3 Å². The highest BCUT2D eigenvalue weighted by molar-refractivity contribution is 5.79. The summed E-state index contributed by atoms with van der Waals surface area (Å²) in [7, 11) is 1.69. The second-order valence-corrected chi connectivity index (χ2v) is 5.84. The van der Waals surface area contributed by atoms with Crippen molar-refractivity contribution in [3.05, 3.63) is 29.3 Å². The quantitative estimate of drug-likeness (QED) is 0.878. The fourth-order valence-electron chi connectivity index (χ4n) is 3.17. The second kappa shape index (κ2) is 8.18. The van der Waals surface area contributed by atoms with E-state index in [1.54, 1.807) is 7.11 Å². The number of hydrogen-bond donors (Lipinski definition) is 1. The van der Waals surface area contributed by atoms with Gasteiger partial charge in [0.2, 0.25) is 5.91 Å². The molecule has 1 aliphatic rings. The topological polar surface area (TPSA) is 41.6 Å². The fraction of sp³-hybridized carbons (Fsp3) is 0.611. The van der Waals surface area contributed by atoms with Gasteiger partial charge >= 0.3 is 0 Å². The highest BCUT2D eigenvalue weighted by atomic mass is 16.5. The molecule has 0 saturated carbocycles. The lowest BCUT2D eigenvalue weighted by Gasteiger charge is -2.24. The Morgan fingerprint density at radius 2 is 1.95 bits per heavy atom. The maximum absolute atomic E-state index is 12.3. The first-order chi connectivity index (χ1) is 10.7. The van der Waals surface area contributed by atoms with Crippen molar-refractivity contribution in [3.8, 4) is 5.75 Å². The van der Waals surface area contributed by atoms with Crippen molar-refractivity contribution in [2.45, 2.75) is 39.0 Å². The number of piperidine rings is 1. The lowest BCUT2D eigenvalue weighted by Crippen LogP contribution is -2.31. The van der Waals surface area contributed by atoms with Gasteiger partial charge in [0, 0.05) is 18.7 Å². The number of rotatable bonds is 6. The Kier molecular flexibility index (Phi) is 6.25. The van der Waals surface area contributed by atoms with Gasteiger partial charge in [-0.1, -0.05) is 12.1 Å². The minimum Gasteiger partial charge on any atom is -0.496 e. The van der Waals surface area contributed by atoms with Gasteiger partial charge in [0.15, 0.2) is 0 Å². The molecule has 1 fully saturated rings. The van der Waals surface area contributed by atoms with Crippen LogP contribution in [0, 0.1) is 0 Å². The number of nitrogens with one attached hydrogen (secondary N) is 1. The van der Waals surface area contributed by atoms with Gasteiger partial charge < -0.3 is 15.0 Å². The van der Waals surface area contributed by atoms with Gasteiger partial charge in [-0.2, -0.15) is 0 Å². The van der Waals surface area contributed by atoms with E-state index in [1.165, 1.54) is 18.4 Å². The maximum Gasteiger partial charge on any atom is 0.227 e. The van der Waals surface area contributed by atoms with Gasteiger partial charge in [-0.15, -0.1) is 0 Å². The molecule has 1 aromatic rings. The molecular weight excluding hydrogens is 276 g/mol. The Bertz CT molecular complexity index is 492. The van der Waals surface area contributed by atoms with Crippen LogP contribution in [0.3, 0.4) is 0 Å². The van der Waals surface area contributed by atoms with Crippen molar-refractivity contribution in [3.63, 3.8) is 0 Å². The maximum atomic E-state index is 12.3. The van der Waals surface area contributed by atoms with E-state index < -0.39 is 0 Å². The highest BCUT2D eigenvalue weighted by Crippen LogP contribution is 2.30. The molecule has 22 heavy (non-hydrogen) atoms. The smallest absolute Gasteiger partial charge is 0.227 e. The average molecular weight is 304 g/mol. The third kappa shape index (κ3) is 4.01. The summed E-state index contributed by atoms with van der Waals surface area (Å²) in [6.07, 6.45) is 2.75. The van der Waals surface area contributed by atoms with Crippen molar-refractivity contribution in [2.75, 3.05) is 33.3 Å². The molecule has 0 aliphatic carbocycles. The number of nitrogens with zero attached hydrogens (tertiary/aromatic N) is 1. The largest absolute Gasteiger partial charge is 0.496 e. The molecule has 0 unspecified atom stereocenters. The Morgan fingerprint density at radius 3 is 2.55 bits per heavy atom. The number of methoxy groups -OCH3 is 1. The predicted octanol–water partition coefficient (Wildman–Crippen LogP) is 2.57. The SMILES string of the molecule is CCN(CC)C(=O)Cc1ccc(C2CCNCC2)cc1OC. The molecule has 1 aliphatic heterocycles. The zero-order chi connectivity index (χ0) is 15.9. The number of carbonyl (C=O) groups is 1. The molecule has 4 heteroatoms. The molecule has 2 rings (SSSR count). The molecule has 1 heterocycles. The van der Waals surface area contributed by atoms with Crippen LogP contribution in [0.1, 0.15) is 43.7 Å². The summed E-state index contributed by atoms with van der Waals surface area (Å²) in [4.78, 5) is 14.2. The van der Waals surface area contributed by atoms with Crippen LogP contribution in [-0.4, -0.2) is 44.1 Å². The third-order valence-electron chi connectivity index (χ3n) is 4.58. The van der Waals surface area contributed by atoms with Crippen LogP contribution in [0.15, 0.2) is 18.2 Å². The van der Waals surface area contributed by atoms with Crippen molar-refractivity contribution in [1.29, 1.82) is 0 Å². The van der Waals surface area contributed by atoms with Gasteiger partial charge in [0.25, 0.3) is 0 Å². The average Bonchev–Trinajstić information content (AvgIpc) is 2.57. The summed E-state index contributed by atoms with van der Waals surface area (Å²) in [5.74, 6) is 1.61. The van der Waals surface area contributed by atoms with Crippen LogP contribution in [0.2, 0.25) is 0 Å². The summed E-state index contributed by atoms with van der Waals surface area (Å²) in [6, 6.07) is 6.36. The molecule has 0 radical (unpaired) electrons. The summed E-state index contributed by atoms with van der Waals surface area (Å²) < 4.78 is 5.54. The number of amides is 1. The van der Waals surface area contributed by atoms with Crippen LogP contribution in [0.5, 0.6) is 5.75 Å². The number of hydrogen-bond acceptors (Lipinski definition) is 3. The van der Waals surface area contributed by atoms with Crippen molar-refractivity contribution < 1.29 is 9.53 Å². The molecule has 1 saturated heterocycles. The molecule has 0 aromatic heterocycles. The Morgan fingerprint density at radius 1 is 1.27 bits per heavy atom. The predicted molar refractivity (Wildman–Crippen MR) is 89.5 cm³/mol. The monoisotopic (exact) mass is 304 g/mol. The van der Waals surface area contributed by atoms with Gasteiger partial charge in [0.1, 0.15) is 5.75 Å². The van der Waals surface area contributed by atoms with E-state index >= 15 is 0 Å². The van der Waals surface area contributed by atoms with Crippen molar-refractivity contribution in [1.82, 2.24) is 10.2 Å². The zero-order valence-corrected chi connectivity index (χ0v) is 14.0.